The van der Waals surface area contributed by atoms with E-state index in [0.717, 1.165) is 11.6 Å². The molecule has 28 heavy (non-hydrogen) atoms. The molecular formula is C19H22BrFN4O3. The number of hydrogen-bond donors (Lipinski definition) is 4. The molecule has 0 unspecified atom stereocenters. The lowest BCUT2D eigenvalue weighted by Gasteiger charge is -2.43. The van der Waals surface area contributed by atoms with Crippen LogP contribution in [-0.2, 0) is 0 Å². The summed E-state index contributed by atoms with van der Waals surface area (Å²) in [6.07, 6.45) is 3.22. The minimum Gasteiger partial charge on any atom is -0.397 e. The van der Waals surface area contributed by atoms with Crippen molar-refractivity contribution in [3.63, 3.8) is 0 Å². The van der Waals surface area contributed by atoms with Gasteiger partial charge in [-0.3, -0.25) is 9.78 Å². The third-order valence-electron chi connectivity index (χ3n) is 5.54. The van der Waals surface area contributed by atoms with Crippen molar-refractivity contribution in [2.24, 2.45) is 5.92 Å². The van der Waals surface area contributed by atoms with Crippen molar-refractivity contribution in [1.82, 2.24) is 9.97 Å². The van der Waals surface area contributed by atoms with Crippen LogP contribution >= 0.6 is 15.9 Å². The molecule has 1 fully saturated rings. The topological polar surface area (TPSA) is 121 Å². The number of pyridine rings is 2. The van der Waals surface area contributed by atoms with E-state index in [1.165, 1.54) is 6.20 Å². The summed E-state index contributed by atoms with van der Waals surface area (Å²) in [5.41, 5.74) is 5.63. The number of aliphatic hydroxyl groups is 2. The fraction of sp³-hybridized carbons (Fsp3) is 0.421. The van der Waals surface area contributed by atoms with Gasteiger partial charge in [0.05, 0.1) is 29.3 Å². The molecule has 2 aromatic rings. The summed E-state index contributed by atoms with van der Waals surface area (Å²) in [5, 5.41) is 23.5. The Labute approximate surface area is 170 Å². The molecule has 4 atom stereocenters. The van der Waals surface area contributed by atoms with Gasteiger partial charge in [0, 0.05) is 12.3 Å². The summed E-state index contributed by atoms with van der Waals surface area (Å²) < 4.78 is 13.4. The molecular weight excluding hydrogens is 431 g/mol. The Morgan fingerprint density at radius 1 is 1.46 bits per heavy atom. The highest BCUT2D eigenvalue weighted by Gasteiger charge is 2.43. The number of nitrogens with zero attached hydrogens (tertiary/aromatic N) is 2. The number of carbonyl (C=O) groups is 1. The minimum absolute atomic E-state index is 0.0752. The Hall–Kier alpha value is -2.10. The van der Waals surface area contributed by atoms with Gasteiger partial charge in [-0.15, -0.1) is 0 Å². The zero-order valence-electron chi connectivity index (χ0n) is 15.5. The maximum absolute atomic E-state index is 13.5. The van der Waals surface area contributed by atoms with E-state index < -0.39 is 23.4 Å². The lowest BCUT2D eigenvalue weighted by Crippen LogP contribution is -2.49. The highest BCUT2D eigenvalue weighted by atomic mass is 79.9. The van der Waals surface area contributed by atoms with E-state index in [1.807, 2.05) is 6.92 Å². The van der Waals surface area contributed by atoms with E-state index in [1.54, 1.807) is 19.2 Å². The number of hydrogen-bond acceptors (Lipinski definition) is 6. The Kier molecular flexibility index (Phi) is 5.69. The molecule has 1 aliphatic carbocycles. The number of nitrogens with two attached hydrogens (primary N) is 1. The van der Waals surface area contributed by atoms with Crippen molar-refractivity contribution in [2.75, 3.05) is 11.1 Å². The van der Waals surface area contributed by atoms with Gasteiger partial charge in [0.25, 0.3) is 5.91 Å². The van der Waals surface area contributed by atoms with Gasteiger partial charge >= 0.3 is 0 Å². The van der Waals surface area contributed by atoms with Crippen molar-refractivity contribution in [1.29, 1.82) is 0 Å². The van der Waals surface area contributed by atoms with Crippen LogP contribution in [0.1, 0.15) is 48.7 Å². The maximum Gasteiger partial charge on any atom is 0.276 e. The largest absolute Gasteiger partial charge is 0.397 e. The number of nitrogen functional groups attached to an aromatic ring is 1. The van der Waals surface area contributed by atoms with Gasteiger partial charge in [-0.05, 0) is 59.2 Å². The monoisotopic (exact) mass is 452 g/mol. The van der Waals surface area contributed by atoms with Gasteiger partial charge in [-0.25, -0.2) is 9.37 Å². The maximum atomic E-state index is 13.5. The third-order valence-corrected chi connectivity index (χ3v) is 6.09. The molecule has 2 aromatic heterocycles. The molecule has 3 rings (SSSR count). The van der Waals surface area contributed by atoms with Crippen LogP contribution in [0.4, 0.5) is 15.8 Å². The minimum atomic E-state index is -1.16. The van der Waals surface area contributed by atoms with E-state index in [4.69, 9.17) is 5.73 Å². The van der Waals surface area contributed by atoms with E-state index in [2.05, 4.69) is 31.2 Å². The highest BCUT2D eigenvalue weighted by Crippen LogP contribution is 2.43. The second-order valence-corrected chi connectivity index (χ2v) is 8.18. The SMILES string of the molecule is C[C@H]1C[C@@H](c2ccncc2NC(=O)c2nc(Br)c(F)cc2N)C[C@@H](O)[C@]1(C)O. The molecule has 7 nitrogen and oxygen atoms in total. The molecule has 0 radical (unpaired) electrons. The zero-order chi connectivity index (χ0) is 20.6. The summed E-state index contributed by atoms with van der Waals surface area (Å²) in [7, 11) is 0. The van der Waals surface area contributed by atoms with Crippen LogP contribution in [0.15, 0.2) is 29.1 Å². The molecule has 150 valence electrons. The second kappa shape index (κ2) is 7.73. The quantitative estimate of drug-likeness (QED) is 0.531. The lowest BCUT2D eigenvalue weighted by atomic mass is 9.69. The van der Waals surface area contributed by atoms with E-state index in [-0.39, 0.29) is 27.8 Å². The number of anilines is 2. The average molecular weight is 453 g/mol. The van der Waals surface area contributed by atoms with Gasteiger partial charge in [-0.1, -0.05) is 6.92 Å². The summed E-state index contributed by atoms with van der Waals surface area (Å²) in [6, 6.07) is 2.80. The standard InChI is InChI=1S/C19H22BrFN4O3/c1-9-5-10(6-15(26)19(9,2)28)11-3-4-23-8-14(11)24-18(27)16-13(22)7-12(21)17(20)25-16/h3-4,7-10,15,26,28H,5-6,22H2,1-2H3,(H,24,27)/t9-,10+,15+,19+/m0/s1. The van der Waals surface area contributed by atoms with Crippen LogP contribution in [0.25, 0.3) is 0 Å². The van der Waals surface area contributed by atoms with Crippen LogP contribution in [0, 0.1) is 11.7 Å². The van der Waals surface area contributed by atoms with E-state index >= 15 is 0 Å². The Morgan fingerprint density at radius 3 is 2.86 bits per heavy atom. The van der Waals surface area contributed by atoms with E-state index in [9.17, 15) is 19.4 Å². The molecule has 9 heteroatoms. The fourth-order valence-corrected chi connectivity index (χ4v) is 3.85. The Balaban J connectivity index is 1.87. The molecule has 1 amide bonds. The third kappa shape index (κ3) is 3.87. The number of aliphatic hydroxyl groups excluding tert-OH is 1. The first-order valence-electron chi connectivity index (χ1n) is 8.88. The Morgan fingerprint density at radius 2 is 2.18 bits per heavy atom. The molecule has 0 bridgehead atoms. The number of aromatic nitrogens is 2. The first-order valence-corrected chi connectivity index (χ1v) is 9.67. The first-order chi connectivity index (χ1) is 13.1. The van der Waals surface area contributed by atoms with Crippen LogP contribution in [0.5, 0.6) is 0 Å². The van der Waals surface area contributed by atoms with Gasteiger partial charge in [0.15, 0.2) is 11.5 Å². The first kappa shape index (κ1) is 20.6. The number of rotatable bonds is 3. The van der Waals surface area contributed by atoms with Crippen LogP contribution < -0.4 is 11.1 Å². The fourth-order valence-electron chi connectivity index (χ4n) is 3.56. The molecule has 1 aliphatic rings. The van der Waals surface area contributed by atoms with Crippen LogP contribution in [-0.4, -0.2) is 37.8 Å². The van der Waals surface area contributed by atoms with Gasteiger partial charge in [0.1, 0.15) is 4.60 Å². The Bertz CT molecular complexity index is 895. The summed E-state index contributed by atoms with van der Waals surface area (Å²) in [6.45, 7) is 3.52. The molecule has 5 N–H and O–H groups in total. The van der Waals surface area contributed by atoms with Crippen molar-refractivity contribution in [2.45, 2.75) is 44.3 Å². The second-order valence-electron chi connectivity index (χ2n) is 7.43. The zero-order valence-corrected chi connectivity index (χ0v) is 17.1. The molecule has 0 saturated heterocycles. The highest BCUT2D eigenvalue weighted by molar-refractivity contribution is 9.10. The van der Waals surface area contributed by atoms with Gasteiger partial charge in [-0.2, -0.15) is 0 Å². The van der Waals surface area contributed by atoms with Gasteiger partial charge in [0.2, 0.25) is 0 Å². The molecule has 0 aliphatic heterocycles. The molecule has 2 heterocycles. The number of amides is 1. The van der Waals surface area contributed by atoms with Crippen molar-refractivity contribution in [3.8, 4) is 0 Å². The van der Waals surface area contributed by atoms with E-state index in [0.29, 0.717) is 18.5 Å². The van der Waals surface area contributed by atoms with Gasteiger partial charge < -0.3 is 21.3 Å². The molecule has 0 aromatic carbocycles. The summed E-state index contributed by atoms with van der Waals surface area (Å²) in [5.74, 6) is -1.46. The normalized spacial score (nSPS) is 27.4. The van der Waals surface area contributed by atoms with Crippen LogP contribution in [0.2, 0.25) is 0 Å². The summed E-state index contributed by atoms with van der Waals surface area (Å²) >= 11 is 2.95. The number of halogens is 2. The lowest BCUT2D eigenvalue weighted by molar-refractivity contribution is -0.123. The molecule has 0 spiro atoms. The molecule has 1 saturated carbocycles. The number of nitrogens with one attached hydrogen (secondary N) is 1. The van der Waals surface area contributed by atoms with Crippen molar-refractivity contribution in [3.05, 3.63) is 46.2 Å². The smallest absolute Gasteiger partial charge is 0.276 e. The number of carbonyl (C=O) groups excluding carboxylic acids is 1. The average Bonchev–Trinajstić information content (AvgIpc) is 2.63. The predicted octanol–water partition coefficient (Wildman–Crippen LogP) is 2.84. The van der Waals surface area contributed by atoms with Crippen molar-refractivity contribution < 1.29 is 19.4 Å². The summed E-state index contributed by atoms with van der Waals surface area (Å²) in [4.78, 5) is 20.6. The predicted molar refractivity (Wildman–Crippen MR) is 106 cm³/mol. The van der Waals surface area contributed by atoms with Crippen molar-refractivity contribution >= 4 is 33.2 Å². The van der Waals surface area contributed by atoms with Crippen LogP contribution in [0.3, 0.4) is 0 Å².